The van der Waals surface area contributed by atoms with Crippen molar-refractivity contribution in [1.29, 1.82) is 0 Å². The number of nitrogen functional groups attached to an aromatic ring is 1. The Kier molecular flexibility index (Phi) is 2.90. The first kappa shape index (κ1) is 12.3. The number of anilines is 1. The Labute approximate surface area is 99.3 Å². The smallest absolute Gasteiger partial charge is 0.368 e. The summed E-state index contributed by atoms with van der Waals surface area (Å²) in [5.74, 6) is -1.31. The van der Waals surface area contributed by atoms with Crippen LogP contribution < -0.4 is 5.73 Å². The van der Waals surface area contributed by atoms with Crippen LogP contribution in [0.4, 0.5) is 23.5 Å². The van der Waals surface area contributed by atoms with Gasteiger partial charge >= 0.3 is 6.18 Å². The van der Waals surface area contributed by atoms with Crippen molar-refractivity contribution < 1.29 is 17.6 Å². The fourth-order valence-corrected chi connectivity index (χ4v) is 1.41. The normalized spacial score (nSPS) is 11.6. The van der Waals surface area contributed by atoms with Gasteiger partial charge in [0, 0.05) is 18.0 Å². The van der Waals surface area contributed by atoms with Gasteiger partial charge in [-0.05, 0) is 17.7 Å². The van der Waals surface area contributed by atoms with E-state index in [-0.39, 0.29) is 11.5 Å². The first-order chi connectivity index (χ1) is 8.38. The van der Waals surface area contributed by atoms with Gasteiger partial charge < -0.3 is 5.73 Å². The van der Waals surface area contributed by atoms with E-state index in [1.54, 1.807) is 0 Å². The summed E-state index contributed by atoms with van der Waals surface area (Å²) in [6.45, 7) is 0. The quantitative estimate of drug-likeness (QED) is 0.799. The molecule has 0 bridgehead atoms. The SMILES string of the molecule is Nc1ncc(-c2ccc(F)c(C(F)(F)F)c2)cn1. The molecule has 3 nitrogen and oxygen atoms in total. The summed E-state index contributed by atoms with van der Waals surface area (Å²) >= 11 is 0. The summed E-state index contributed by atoms with van der Waals surface area (Å²) in [5.41, 5.74) is 4.44. The highest BCUT2D eigenvalue weighted by atomic mass is 19.4. The molecular formula is C11H7F4N3. The van der Waals surface area contributed by atoms with Gasteiger partial charge in [0.1, 0.15) is 5.82 Å². The zero-order valence-electron chi connectivity index (χ0n) is 8.87. The average molecular weight is 257 g/mol. The molecule has 7 heteroatoms. The third-order valence-electron chi connectivity index (χ3n) is 2.28. The topological polar surface area (TPSA) is 51.8 Å². The van der Waals surface area contributed by atoms with Crippen LogP contribution in [0.25, 0.3) is 11.1 Å². The lowest BCUT2D eigenvalue weighted by atomic mass is 10.1. The van der Waals surface area contributed by atoms with Crippen LogP contribution in [0.15, 0.2) is 30.6 Å². The summed E-state index contributed by atoms with van der Waals surface area (Å²) in [4.78, 5) is 7.32. The summed E-state index contributed by atoms with van der Waals surface area (Å²) in [5, 5.41) is 0. The molecule has 94 valence electrons. The Hall–Kier alpha value is -2.18. The van der Waals surface area contributed by atoms with Gasteiger partial charge in [0.05, 0.1) is 5.56 Å². The molecule has 0 fully saturated rings. The number of rotatable bonds is 1. The summed E-state index contributed by atoms with van der Waals surface area (Å²) in [6, 6.07) is 2.69. The van der Waals surface area contributed by atoms with Crippen molar-refractivity contribution in [1.82, 2.24) is 9.97 Å². The zero-order valence-corrected chi connectivity index (χ0v) is 8.87. The minimum absolute atomic E-state index is 0.0110. The van der Waals surface area contributed by atoms with E-state index >= 15 is 0 Å². The molecule has 1 heterocycles. The summed E-state index contributed by atoms with van der Waals surface area (Å²) in [6.07, 6.45) is -2.19. The number of nitrogens with two attached hydrogens (primary N) is 1. The maximum Gasteiger partial charge on any atom is 0.419 e. The van der Waals surface area contributed by atoms with Crippen LogP contribution in [0.5, 0.6) is 0 Å². The molecule has 0 aliphatic heterocycles. The average Bonchev–Trinajstić information content (AvgIpc) is 2.29. The Morgan fingerprint density at radius 1 is 1.00 bits per heavy atom. The lowest BCUT2D eigenvalue weighted by Crippen LogP contribution is -2.08. The molecule has 0 radical (unpaired) electrons. The highest BCUT2D eigenvalue weighted by Crippen LogP contribution is 2.33. The van der Waals surface area contributed by atoms with Gasteiger partial charge in [-0.25, -0.2) is 14.4 Å². The predicted molar refractivity (Wildman–Crippen MR) is 56.8 cm³/mol. The van der Waals surface area contributed by atoms with E-state index in [2.05, 4.69) is 9.97 Å². The Bertz CT molecular complexity index is 563. The molecule has 18 heavy (non-hydrogen) atoms. The van der Waals surface area contributed by atoms with Crippen molar-refractivity contribution in [3.63, 3.8) is 0 Å². The minimum Gasteiger partial charge on any atom is -0.368 e. The van der Waals surface area contributed by atoms with E-state index in [0.717, 1.165) is 6.07 Å². The second-order valence-electron chi connectivity index (χ2n) is 3.52. The summed E-state index contributed by atoms with van der Waals surface area (Å²) in [7, 11) is 0. The lowest BCUT2D eigenvalue weighted by Gasteiger charge is -2.09. The molecule has 0 saturated carbocycles. The third kappa shape index (κ3) is 2.39. The van der Waals surface area contributed by atoms with Crippen LogP contribution in [-0.2, 0) is 6.18 Å². The number of halogens is 4. The molecule has 0 unspecified atom stereocenters. The maximum atomic E-state index is 13.1. The number of benzene rings is 1. The highest BCUT2D eigenvalue weighted by Gasteiger charge is 2.34. The van der Waals surface area contributed by atoms with Crippen LogP contribution in [0.1, 0.15) is 5.56 Å². The second-order valence-corrected chi connectivity index (χ2v) is 3.52. The van der Waals surface area contributed by atoms with E-state index < -0.39 is 17.6 Å². The molecule has 0 aliphatic rings. The van der Waals surface area contributed by atoms with E-state index in [0.29, 0.717) is 11.6 Å². The molecule has 0 amide bonds. The zero-order chi connectivity index (χ0) is 13.3. The van der Waals surface area contributed by atoms with Gasteiger partial charge in [0.25, 0.3) is 0 Å². The van der Waals surface area contributed by atoms with Crippen LogP contribution in [0.3, 0.4) is 0 Å². The van der Waals surface area contributed by atoms with Crippen molar-refractivity contribution in [2.45, 2.75) is 6.18 Å². The predicted octanol–water partition coefficient (Wildman–Crippen LogP) is 2.88. The molecule has 0 spiro atoms. The van der Waals surface area contributed by atoms with Crippen molar-refractivity contribution in [2.24, 2.45) is 0 Å². The monoisotopic (exact) mass is 257 g/mol. The van der Waals surface area contributed by atoms with Crippen LogP contribution in [0, 0.1) is 5.82 Å². The van der Waals surface area contributed by atoms with Gasteiger partial charge in [-0.2, -0.15) is 13.2 Å². The Morgan fingerprint density at radius 3 is 2.17 bits per heavy atom. The minimum atomic E-state index is -4.74. The molecule has 1 aromatic heterocycles. The molecule has 0 atom stereocenters. The van der Waals surface area contributed by atoms with Gasteiger partial charge in [0.15, 0.2) is 0 Å². The number of hydrogen-bond acceptors (Lipinski definition) is 3. The number of alkyl halides is 3. The van der Waals surface area contributed by atoms with E-state index in [9.17, 15) is 17.6 Å². The third-order valence-corrected chi connectivity index (χ3v) is 2.28. The standard InChI is InChI=1S/C11H7F4N3/c12-9-2-1-6(3-8(9)11(13,14)15)7-4-17-10(16)18-5-7/h1-5H,(H2,16,17,18). The molecule has 1 aromatic carbocycles. The van der Waals surface area contributed by atoms with Crippen LogP contribution in [-0.4, -0.2) is 9.97 Å². The molecule has 2 N–H and O–H groups in total. The van der Waals surface area contributed by atoms with Crippen molar-refractivity contribution in [3.05, 3.63) is 42.0 Å². The van der Waals surface area contributed by atoms with Crippen LogP contribution >= 0.6 is 0 Å². The van der Waals surface area contributed by atoms with Gasteiger partial charge in [-0.1, -0.05) is 6.07 Å². The van der Waals surface area contributed by atoms with E-state index in [1.165, 1.54) is 18.5 Å². The van der Waals surface area contributed by atoms with Crippen LogP contribution in [0.2, 0.25) is 0 Å². The fourth-order valence-electron chi connectivity index (χ4n) is 1.41. The van der Waals surface area contributed by atoms with Crippen molar-refractivity contribution >= 4 is 5.95 Å². The number of aromatic nitrogens is 2. The maximum absolute atomic E-state index is 13.1. The van der Waals surface area contributed by atoms with Gasteiger partial charge in [-0.3, -0.25) is 0 Å². The molecule has 2 aromatic rings. The number of hydrogen-bond donors (Lipinski definition) is 1. The first-order valence-corrected chi connectivity index (χ1v) is 4.82. The van der Waals surface area contributed by atoms with Gasteiger partial charge in [0.2, 0.25) is 5.95 Å². The fraction of sp³-hybridized carbons (Fsp3) is 0.0909. The Balaban J connectivity index is 2.50. The molecular weight excluding hydrogens is 250 g/mol. The largest absolute Gasteiger partial charge is 0.419 e. The van der Waals surface area contributed by atoms with Crippen molar-refractivity contribution in [2.75, 3.05) is 5.73 Å². The number of nitrogens with zero attached hydrogens (tertiary/aromatic N) is 2. The highest BCUT2D eigenvalue weighted by molar-refractivity contribution is 5.63. The molecule has 0 aliphatic carbocycles. The van der Waals surface area contributed by atoms with Gasteiger partial charge in [-0.15, -0.1) is 0 Å². The van der Waals surface area contributed by atoms with Crippen molar-refractivity contribution in [3.8, 4) is 11.1 Å². The first-order valence-electron chi connectivity index (χ1n) is 4.82. The molecule has 2 rings (SSSR count). The van der Waals surface area contributed by atoms with E-state index in [4.69, 9.17) is 5.73 Å². The summed E-state index contributed by atoms with van der Waals surface area (Å²) < 4.78 is 50.6. The second kappa shape index (κ2) is 4.25. The lowest BCUT2D eigenvalue weighted by molar-refractivity contribution is -0.139. The molecule has 0 saturated heterocycles. The van der Waals surface area contributed by atoms with E-state index in [1.807, 2.05) is 0 Å². The Morgan fingerprint density at radius 2 is 1.61 bits per heavy atom.